The predicted octanol–water partition coefficient (Wildman–Crippen LogP) is 2.83. The summed E-state index contributed by atoms with van der Waals surface area (Å²) in [5.41, 5.74) is 5.74. The summed E-state index contributed by atoms with van der Waals surface area (Å²) >= 11 is 5.07. The SMILES string of the molecule is CC(C)C1CCCN(C(=O)C(C(N)=S)C(C)C)CC1. The zero-order chi connectivity index (χ0) is 14.6. The van der Waals surface area contributed by atoms with Gasteiger partial charge in [-0.05, 0) is 37.0 Å². The molecule has 0 aromatic heterocycles. The molecule has 1 aliphatic heterocycles. The fraction of sp³-hybridized carbons (Fsp3) is 0.867. The Hall–Kier alpha value is -0.640. The molecule has 0 aromatic carbocycles. The smallest absolute Gasteiger partial charge is 0.232 e. The van der Waals surface area contributed by atoms with Gasteiger partial charge in [0.2, 0.25) is 5.91 Å². The van der Waals surface area contributed by atoms with E-state index < -0.39 is 0 Å². The van der Waals surface area contributed by atoms with E-state index in [1.807, 2.05) is 18.7 Å². The van der Waals surface area contributed by atoms with E-state index in [0.717, 1.165) is 31.8 Å². The maximum atomic E-state index is 12.6. The molecule has 1 heterocycles. The Kier molecular flexibility index (Phi) is 6.24. The Morgan fingerprint density at radius 1 is 1.21 bits per heavy atom. The Morgan fingerprint density at radius 3 is 2.32 bits per heavy atom. The van der Waals surface area contributed by atoms with E-state index in [0.29, 0.717) is 10.9 Å². The van der Waals surface area contributed by atoms with E-state index in [4.69, 9.17) is 18.0 Å². The number of hydrogen-bond acceptors (Lipinski definition) is 2. The molecule has 2 N–H and O–H groups in total. The minimum absolute atomic E-state index is 0.131. The lowest BCUT2D eigenvalue weighted by atomic mass is 9.89. The van der Waals surface area contributed by atoms with Crippen LogP contribution in [0.25, 0.3) is 0 Å². The summed E-state index contributed by atoms with van der Waals surface area (Å²) in [6, 6.07) is 0. The number of likely N-dealkylation sites (tertiary alicyclic amines) is 1. The minimum atomic E-state index is -0.300. The molecule has 1 rings (SSSR count). The first kappa shape index (κ1) is 16.4. The van der Waals surface area contributed by atoms with Gasteiger partial charge < -0.3 is 10.6 Å². The lowest BCUT2D eigenvalue weighted by Gasteiger charge is -2.28. The van der Waals surface area contributed by atoms with Crippen LogP contribution < -0.4 is 5.73 Å². The second kappa shape index (κ2) is 7.22. The highest BCUT2D eigenvalue weighted by atomic mass is 32.1. The van der Waals surface area contributed by atoms with Crippen LogP contribution in [0.2, 0.25) is 0 Å². The molecule has 0 radical (unpaired) electrons. The van der Waals surface area contributed by atoms with Gasteiger partial charge in [0.1, 0.15) is 0 Å². The number of nitrogens with zero attached hydrogens (tertiary/aromatic N) is 1. The fourth-order valence-electron chi connectivity index (χ4n) is 2.94. The van der Waals surface area contributed by atoms with Crippen LogP contribution in [0.3, 0.4) is 0 Å². The Bertz CT molecular complexity index is 328. The number of carbonyl (C=O) groups is 1. The van der Waals surface area contributed by atoms with Crippen LogP contribution >= 0.6 is 12.2 Å². The fourth-order valence-corrected chi connectivity index (χ4v) is 3.31. The second-order valence-corrected chi connectivity index (χ2v) is 6.86. The maximum absolute atomic E-state index is 12.6. The molecule has 1 amide bonds. The molecular weight excluding hydrogens is 256 g/mol. The Balaban J connectivity index is 2.69. The zero-order valence-corrected chi connectivity index (χ0v) is 13.5. The maximum Gasteiger partial charge on any atom is 0.232 e. The molecule has 19 heavy (non-hydrogen) atoms. The number of carbonyl (C=O) groups excluding carboxylic acids is 1. The summed E-state index contributed by atoms with van der Waals surface area (Å²) in [6.07, 6.45) is 3.42. The van der Waals surface area contributed by atoms with Gasteiger partial charge >= 0.3 is 0 Å². The van der Waals surface area contributed by atoms with Gasteiger partial charge in [-0.1, -0.05) is 39.9 Å². The van der Waals surface area contributed by atoms with E-state index in [2.05, 4.69) is 13.8 Å². The van der Waals surface area contributed by atoms with Crippen molar-refractivity contribution in [1.29, 1.82) is 0 Å². The van der Waals surface area contributed by atoms with E-state index in [1.165, 1.54) is 6.42 Å². The highest BCUT2D eigenvalue weighted by Gasteiger charge is 2.31. The van der Waals surface area contributed by atoms with Crippen LogP contribution in [-0.2, 0) is 4.79 Å². The van der Waals surface area contributed by atoms with Gasteiger partial charge in [0.25, 0.3) is 0 Å². The van der Waals surface area contributed by atoms with Gasteiger partial charge in [0.15, 0.2) is 0 Å². The Morgan fingerprint density at radius 2 is 1.84 bits per heavy atom. The van der Waals surface area contributed by atoms with Gasteiger partial charge in [-0.2, -0.15) is 0 Å². The van der Waals surface area contributed by atoms with Gasteiger partial charge in [0.05, 0.1) is 10.9 Å². The molecule has 2 unspecified atom stereocenters. The second-order valence-electron chi connectivity index (χ2n) is 6.38. The van der Waals surface area contributed by atoms with Crippen LogP contribution in [0.4, 0.5) is 0 Å². The summed E-state index contributed by atoms with van der Waals surface area (Å²) in [7, 11) is 0. The molecule has 0 bridgehead atoms. The average Bonchev–Trinajstić information content (AvgIpc) is 2.52. The predicted molar refractivity (Wildman–Crippen MR) is 83.9 cm³/mol. The molecule has 0 spiro atoms. The average molecular weight is 284 g/mol. The largest absolute Gasteiger partial charge is 0.393 e. The van der Waals surface area contributed by atoms with Crippen molar-refractivity contribution in [1.82, 2.24) is 4.90 Å². The van der Waals surface area contributed by atoms with Crippen molar-refractivity contribution in [2.45, 2.75) is 47.0 Å². The van der Waals surface area contributed by atoms with Crippen LogP contribution in [0, 0.1) is 23.7 Å². The number of nitrogens with two attached hydrogens (primary N) is 1. The van der Waals surface area contributed by atoms with Crippen molar-refractivity contribution in [3.63, 3.8) is 0 Å². The van der Waals surface area contributed by atoms with Crippen LogP contribution in [-0.4, -0.2) is 28.9 Å². The standard InChI is InChI=1S/C15H28N2OS/c1-10(2)12-6-5-8-17(9-7-12)15(18)13(11(3)4)14(16)19/h10-13H,5-9H2,1-4H3,(H2,16,19). The third-order valence-electron chi connectivity index (χ3n) is 4.27. The van der Waals surface area contributed by atoms with Crippen molar-refractivity contribution < 1.29 is 4.79 Å². The molecule has 0 aliphatic carbocycles. The molecule has 0 aromatic rings. The van der Waals surface area contributed by atoms with E-state index in [-0.39, 0.29) is 17.7 Å². The van der Waals surface area contributed by atoms with Crippen molar-refractivity contribution >= 4 is 23.1 Å². The summed E-state index contributed by atoms with van der Waals surface area (Å²) in [6.45, 7) is 10.3. The number of thiocarbonyl (C=S) groups is 1. The molecule has 1 fully saturated rings. The lowest BCUT2D eigenvalue weighted by Crippen LogP contribution is -2.44. The molecule has 4 heteroatoms. The van der Waals surface area contributed by atoms with E-state index in [1.54, 1.807) is 0 Å². The zero-order valence-electron chi connectivity index (χ0n) is 12.7. The first-order valence-corrected chi connectivity index (χ1v) is 7.83. The molecular formula is C15H28N2OS. The molecule has 1 saturated heterocycles. The van der Waals surface area contributed by atoms with Crippen molar-refractivity contribution in [3.05, 3.63) is 0 Å². The van der Waals surface area contributed by atoms with Gasteiger partial charge in [-0.15, -0.1) is 0 Å². The number of amides is 1. The summed E-state index contributed by atoms with van der Waals surface area (Å²) in [5.74, 6) is 1.44. The van der Waals surface area contributed by atoms with Gasteiger partial charge in [0, 0.05) is 13.1 Å². The molecule has 3 nitrogen and oxygen atoms in total. The normalized spacial score (nSPS) is 22.4. The van der Waals surface area contributed by atoms with Crippen LogP contribution in [0.1, 0.15) is 47.0 Å². The highest BCUT2D eigenvalue weighted by Crippen LogP contribution is 2.26. The minimum Gasteiger partial charge on any atom is -0.393 e. The van der Waals surface area contributed by atoms with Crippen molar-refractivity contribution in [2.24, 2.45) is 29.4 Å². The molecule has 1 aliphatic rings. The summed E-state index contributed by atoms with van der Waals surface area (Å²) < 4.78 is 0. The molecule has 2 atom stereocenters. The first-order chi connectivity index (χ1) is 8.84. The van der Waals surface area contributed by atoms with Crippen molar-refractivity contribution in [3.8, 4) is 0 Å². The van der Waals surface area contributed by atoms with E-state index >= 15 is 0 Å². The topological polar surface area (TPSA) is 46.3 Å². The van der Waals surface area contributed by atoms with E-state index in [9.17, 15) is 4.79 Å². The summed E-state index contributed by atoms with van der Waals surface area (Å²) in [5, 5.41) is 0. The molecule has 0 saturated carbocycles. The number of hydrogen-bond donors (Lipinski definition) is 1. The highest BCUT2D eigenvalue weighted by molar-refractivity contribution is 7.80. The van der Waals surface area contributed by atoms with Gasteiger partial charge in [-0.25, -0.2) is 0 Å². The molecule has 110 valence electrons. The van der Waals surface area contributed by atoms with Gasteiger partial charge in [-0.3, -0.25) is 4.79 Å². The Labute approximate surface area is 122 Å². The third kappa shape index (κ3) is 4.44. The summed E-state index contributed by atoms with van der Waals surface area (Å²) in [4.78, 5) is 14.9. The lowest BCUT2D eigenvalue weighted by molar-refractivity contribution is -0.134. The van der Waals surface area contributed by atoms with Crippen LogP contribution in [0.15, 0.2) is 0 Å². The van der Waals surface area contributed by atoms with Crippen LogP contribution in [0.5, 0.6) is 0 Å². The van der Waals surface area contributed by atoms with Crippen molar-refractivity contribution in [2.75, 3.05) is 13.1 Å². The number of rotatable bonds is 4. The third-order valence-corrected chi connectivity index (χ3v) is 4.52. The first-order valence-electron chi connectivity index (χ1n) is 7.42. The quantitative estimate of drug-likeness (QED) is 0.808. The monoisotopic (exact) mass is 284 g/mol.